The standard InChI is InChI=1S/C32H29N3/c1-35(2)32-18-17-28(19-26-13-15-27(16-14-26)29(22-33)23-34)30(20-24-9-5-3-6-10-24)31(32)21-25-11-7-4-8-12-25/h3-18,29H,19-21H2,1-2H3. The average Bonchev–Trinajstić information content (AvgIpc) is 2.88. The van der Waals surface area contributed by atoms with Crippen LogP contribution in [0.4, 0.5) is 5.69 Å². The molecule has 0 saturated carbocycles. The van der Waals surface area contributed by atoms with E-state index in [9.17, 15) is 10.5 Å². The molecule has 0 amide bonds. The molecule has 0 aromatic heterocycles. The molecule has 0 unspecified atom stereocenters. The van der Waals surface area contributed by atoms with E-state index < -0.39 is 5.92 Å². The van der Waals surface area contributed by atoms with Crippen LogP contribution in [0.1, 0.15) is 44.9 Å². The Morgan fingerprint density at radius 2 is 1.11 bits per heavy atom. The Bertz CT molecular complexity index is 1330. The van der Waals surface area contributed by atoms with E-state index in [4.69, 9.17) is 0 Å². The summed E-state index contributed by atoms with van der Waals surface area (Å²) in [5.74, 6) is -0.727. The summed E-state index contributed by atoms with van der Waals surface area (Å²) in [4.78, 5) is 2.20. The zero-order valence-corrected chi connectivity index (χ0v) is 20.3. The number of nitriles is 2. The minimum atomic E-state index is -0.727. The number of nitrogens with zero attached hydrogens (tertiary/aromatic N) is 3. The average molecular weight is 456 g/mol. The van der Waals surface area contributed by atoms with Gasteiger partial charge in [0, 0.05) is 19.8 Å². The van der Waals surface area contributed by atoms with Crippen LogP contribution < -0.4 is 4.90 Å². The minimum Gasteiger partial charge on any atom is -0.377 e. The van der Waals surface area contributed by atoms with Crippen LogP contribution in [0, 0.1) is 22.7 Å². The van der Waals surface area contributed by atoms with Crippen LogP contribution in [0.15, 0.2) is 97.1 Å². The summed E-state index contributed by atoms with van der Waals surface area (Å²) in [5, 5.41) is 18.4. The minimum absolute atomic E-state index is 0.727. The van der Waals surface area contributed by atoms with E-state index in [1.807, 2.05) is 24.3 Å². The Labute approximate surface area is 208 Å². The van der Waals surface area contributed by atoms with E-state index in [1.54, 1.807) is 0 Å². The van der Waals surface area contributed by atoms with Crippen LogP contribution in [0.25, 0.3) is 0 Å². The first-order valence-electron chi connectivity index (χ1n) is 11.9. The molecule has 0 N–H and O–H groups in total. The summed E-state index contributed by atoms with van der Waals surface area (Å²) in [6, 6.07) is 37.8. The number of rotatable bonds is 8. The Kier molecular flexibility index (Phi) is 7.61. The maximum absolute atomic E-state index is 9.21. The van der Waals surface area contributed by atoms with Crippen molar-refractivity contribution >= 4 is 5.69 Å². The van der Waals surface area contributed by atoms with Gasteiger partial charge in [-0.05, 0) is 64.3 Å². The molecule has 3 nitrogen and oxygen atoms in total. The normalized spacial score (nSPS) is 10.5. The van der Waals surface area contributed by atoms with Gasteiger partial charge in [0.25, 0.3) is 0 Å². The molecule has 0 bridgehead atoms. The Balaban J connectivity index is 1.78. The monoisotopic (exact) mass is 455 g/mol. The van der Waals surface area contributed by atoms with Gasteiger partial charge in [-0.15, -0.1) is 0 Å². The summed E-state index contributed by atoms with van der Waals surface area (Å²) in [5.41, 5.74) is 9.76. The van der Waals surface area contributed by atoms with Gasteiger partial charge in [0.15, 0.2) is 5.92 Å². The number of hydrogen-bond donors (Lipinski definition) is 0. The van der Waals surface area contributed by atoms with Crippen LogP contribution in [0.3, 0.4) is 0 Å². The van der Waals surface area contributed by atoms with Crippen molar-refractivity contribution in [1.82, 2.24) is 0 Å². The van der Waals surface area contributed by atoms with Crippen LogP contribution in [-0.4, -0.2) is 14.1 Å². The SMILES string of the molecule is CN(C)c1ccc(Cc2ccc(C(C#N)C#N)cc2)c(Cc2ccccc2)c1Cc1ccccc1. The van der Waals surface area contributed by atoms with Gasteiger partial charge in [-0.1, -0.05) is 91.0 Å². The summed E-state index contributed by atoms with van der Waals surface area (Å²) in [6.07, 6.45) is 2.53. The van der Waals surface area contributed by atoms with E-state index in [-0.39, 0.29) is 0 Å². The quantitative estimate of drug-likeness (QED) is 0.299. The van der Waals surface area contributed by atoms with E-state index in [0.29, 0.717) is 0 Å². The first-order chi connectivity index (χ1) is 17.1. The number of anilines is 1. The lowest BCUT2D eigenvalue weighted by molar-refractivity contribution is 1.00. The second-order valence-corrected chi connectivity index (χ2v) is 9.03. The van der Waals surface area contributed by atoms with Gasteiger partial charge in [0.05, 0.1) is 12.1 Å². The van der Waals surface area contributed by atoms with Gasteiger partial charge < -0.3 is 4.90 Å². The van der Waals surface area contributed by atoms with Crippen LogP contribution in [0.2, 0.25) is 0 Å². The lowest BCUT2D eigenvalue weighted by atomic mass is 9.87. The zero-order chi connectivity index (χ0) is 24.6. The largest absolute Gasteiger partial charge is 0.377 e. The maximum Gasteiger partial charge on any atom is 0.158 e. The van der Waals surface area contributed by atoms with Crippen molar-refractivity contribution in [3.05, 3.63) is 136 Å². The third-order valence-electron chi connectivity index (χ3n) is 6.40. The molecule has 0 aliphatic heterocycles. The fourth-order valence-corrected chi connectivity index (χ4v) is 4.56. The summed E-state index contributed by atoms with van der Waals surface area (Å²) >= 11 is 0. The van der Waals surface area contributed by atoms with E-state index in [1.165, 1.54) is 39.1 Å². The predicted octanol–water partition coefficient (Wildman–Crippen LogP) is 6.66. The number of benzene rings is 4. The molecule has 0 atom stereocenters. The molecule has 0 radical (unpaired) electrons. The fourth-order valence-electron chi connectivity index (χ4n) is 4.56. The molecule has 0 saturated heterocycles. The zero-order valence-electron chi connectivity index (χ0n) is 20.3. The Hall–Kier alpha value is -4.34. The van der Waals surface area contributed by atoms with Crippen molar-refractivity contribution in [3.63, 3.8) is 0 Å². The van der Waals surface area contributed by atoms with Crippen LogP contribution in [-0.2, 0) is 19.3 Å². The van der Waals surface area contributed by atoms with Gasteiger partial charge in [0.2, 0.25) is 0 Å². The predicted molar refractivity (Wildman–Crippen MR) is 142 cm³/mol. The van der Waals surface area contributed by atoms with Gasteiger partial charge in [-0.3, -0.25) is 0 Å². The summed E-state index contributed by atoms with van der Waals surface area (Å²) < 4.78 is 0. The maximum atomic E-state index is 9.21. The molecule has 0 aliphatic carbocycles. The van der Waals surface area contributed by atoms with Crippen molar-refractivity contribution in [2.75, 3.05) is 19.0 Å². The molecule has 0 fully saturated rings. The summed E-state index contributed by atoms with van der Waals surface area (Å²) in [7, 11) is 4.21. The van der Waals surface area contributed by atoms with Crippen LogP contribution >= 0.6 is 0 Å². The Morgan fingerprint density at radius 1 is 0.600 bits per heavy atom. The van der Waals surface area contributed by atoms with Gasteiger partial charge in [0.1, 0.15) is 0 Å². The topological polar surface area (TPSA) is 50.8 Å². The van der Waals surface area contributed by atoms with Crippen LogP contribution in [0.5, 0.6) is 0 Å². The van der Waals surface area contributed by atoms with Crippen molar-refractivity contribution in [2.45, 2.75) is 25.2 Å². The second-order valence-electron chi connectivity index (χ2n) is 9.03. The lowest BCUT2D eigenvalue weighted by Crippen LogP contribution is -2.15. The molecular formula is C32H29N3. The molecule has 0 heterocycles. The van der Waals surface area contributed by atoms with E-state index in [0.717, 1.165) is 24.8 Å². The smallest absolute Gasteiger partial charge is 0.158 e. The molecule has 0 aliphatic rings. The second kappa shape index (κ2) is 11.2. The molecular weight excluding hydrogens is 426 g/mol. The van der Waals surface area contributed by atoms with Crippen molar-refractivity contribution in [2.24, 2.45) is 0 Å². The molecule has 4 rings (SSSR count). The third-order valence-corrected chi connectivity index (χ3v) is 6.40. The van der Waals surface area contributed by atoms with E-state index in [2.05, 4.69) is 104 Å². The summed E-state index contributed by atoms with van der Waals surface area (Å²) in [6.45, 7) is 0. The molecule has 172 valence electrons. The molecule has 4 aromatic carbocycles. The third kappa shape index (κ3) is 5.78. The van der Waals surface area contributed by atoms with Crippen molar-refractivity contribution in [3.8, 4) is 12.1 Å². The fraction of sp³-hybridized carbons (Fsp3) is 0.188. The molecule has 0 spiro atoms. The van der Waals surface area contributed by atoms with Gasteiger partial charge in [-0.2, -0.15) is 10.5 Å². The highest BCUT2D eigenvalue weighted by Crippen LogP contribution is 2.32. The van der Waals surface area contributed by atoms with Crippen molar-refractivity contribution in [1.29, 1.82) is 10.5 Å². The highest BCUT2D eigenvalue weighted by atomic mass is 15.1. The van der Waals surface area contributed by atoms with Gasteiger partial charge >= 0.3 is 0 Å². The first kappa shape index (κ1) is 23.8. The Morgan fingerprint density at radius 3 is 1.63 bits per heavy atom. The lowest BCUT2D eigenvalue weighted by Gasteiger charge is -2.24. The van der Waals surface area contributed by atoms with Crippen molar-refractivity contribution < 1.29 is 0 Å². The first-order valence-corrected chi connectivity index (χ1v) is 11.9. The molecule has 3 heteroatoms. The molecule has 4 aromatic rings. The van der Waals surface area contributed by atoms with E-state index >= 15 is 0 Å². The highest BCUT2D eigenvalue weighted by Gasteiger charge is 2.17. The van der Waals surface area contributed by atoms with Gasteiger partial charge in [-0.25, -0.2) is 0 Å². The molecule has 35 heavy (non-hydrogen) atoms. The highest BCUT2D eigenvalue weighted by molar-refractivity contribution is 5.61. The number of hydrogen-bond acceptors (Lipinski definition) is 3.